The summed E-state index contributed by atoms with van der Waals surface area (Å²) in [6, 6.07) is 12.7. The van der Waals surface area contributed by atoms with Crippen LogP contribution in [0.2, 0.25) is 0 Å². The maximum atomic E-state index is 12.8. The zero-order chi connectivity index (χ0) is 22.3. The molecule has 0 bridgehead atoms. The minimum atomic E-state index is -0.408. The molecule has 1 atom stereocenters. The Balaban J connectivity index is 1.94. The highest BCUT2D eigenvalue weighted by Crippen LogP contribution is 2.26. The number of carbonyl (C=O) groups excluding carboxylic acids is 2. The summed E-state index contributed by atoms with van der Waals surface area (Å²) >= 11 is 0. The predicted molar refractivity (Wildman–Crippen MR) is 118 cm³/mol. The van der Waals surface area contributed by atoms with Gasteiger partial charge in [-0.15, -0.1) is 0 Å². The Bertz CT molecular complexity index is 867. The van der Waals surface area contributed by atoms with Crippen LogP contribution in [0.1, 0.15) is 18.1 Å². The molecule has 1 N–H and O–H groups in total. The first-order valence-corrected chi connectivity index (χ1v) is 9.77. The standard InChI is InChI=1S/C23H31N3O4/c1-16-7-10-19(11-8-16)24-22(27)15-26(4)23(28)17(2)25(3)14-18-9-12-20(29-5)13-21(18)30-6/h7-13,17H,14-15H2,1-6H3,(H,24,27)/t17-/m1/s1. The van der Waals surface area contributed by atoms with Crippen molar-refractivity contribution in [3.8, 4) is 11.5 Å². The van der Waals surface area contributed by atoms with Crippen LogP contribution in [-0.4, -0.2) is 62.5 Å². The van der Waals surface area contributed by atoms with Gasteiger partial charge in [-0.1, -0.05) is 23.8 Å². The van der Waals surface area contributed by atoms with E-state index in [-0.39, 0.29) is 18.4 Å². The number of nitrogens with one attached hydrogen (secondary N) is 1. The second-order valence-corrected chi connectivity index (χ2v) is 7.38. The quantitative estimate of drug-likeness (QED) is 0.684. The van der Waals surface area contributed by atoms with Gasteiger partial charge in [0.1, 0.15) is 11.5 Å². The van der Waals surface area contributed by atoms with Gasteiger partial charge in [0.15, 0.2) is 0 Å². The topological polar surface area (TPSA) is 71.1 Å². The molecule has 7 nitrogen and oxygen atoms in total. The van der Waals surface area contributed by atoms with E-state index in [1.54, 1.807) is 21.3 Å². The van der Waals surface area contributed by atoms with Crippen LogP contribution in [-0.2, 0) is 16.1 Å². The SMILES string of the molecule is COc1ccc(CN(C)[C@H](C)C(=O)N(C)CC(=O)Nc2ccc(C)cc2)c(OC)c1. The van der Waals surface area contributed by atoms with Gasteiger partial charge in [-0.25, -0.2) is 0 Å². The highest BCUT2D eigenvalue weighted by molar-refractivity contribution is 5.95. The van der Waals surface area contributed by atoms with Crippen LogP contribution in [0.3, 0.4) is 0 Å². The Kier molecular flexibility index (Phi) is 8.24. The smallest absolute Gasteiger partial charge is 0.243 e. The van der Waals surface area contributed by atoms with E-state index in [0.717, 1.165) is 11.1 Å². The number of aryl methyl sites for hydroxylation is 1. The number of hydrogen-bond donors (Lipinski definition) is 1. The van der Waals surface area contributed by atoms with Crippen molar-refractivity contribution in [1.29, 1.82) is 0 Å². The van der Waals surface area contributed by atoms with Crippen molar-refractivity contribution in [2.45, 2.75) is 26.4 Å². The average Bonchev–Trinajstić information content (AvgIpc) is 2.74. The van der Waals surface area contributed by atoms with E-state index in [1.165, 1.54) is 4.90 Å². The molecule has 2 aromatic rings. The third kappa shape index (κ3) is 6.22. The number of carbonyl (C=O) groups is 2. The molecule has 7 heteroatoms. The normalized spacial score (nSPS) is 11.7. The van der Waals surface area contributed by atoms with Crippen LogP contribution in [0, 0.1) is 6.92 Å². The molecule has 2 amide bonds. The second kappa shape index (κ2) is 10.6. The largest absolute Gasteiger partial charge is 0.497 e. The molecule has 0 aromatic heterocycles. The minimum absolute atomic E-state index is 0.0171. The Morgan fingerprint density at radius 1 is 1.03 bits per heavy atom. The number of hydrogen-bond acceptors (Lipinski definition) is 5. The molecule has 0 unspecified atom stereocenters. The molecule has 0 fully saturated rings. The highest BCUT2D eigenvalue weighted by atomic mass is 16.5. The lowest BCUT2D eigenvalue weighted by Crippen LogP contribution is -2.46. The Morgan fingerprint density at radius 3 is 2.30 bits per heavy atom. The number of anilines is 1. The molecule has 0 radical (unpaired) electrons. The van der Waals surface area contributed by atoms with Gasteiger partial charge in [0.05, 0.1) is 26.8 Å². The molecule has 0 aliphatic heterocycles. The van der Waals surface area contributed by atoms with Gasteiger partial charge in [-0.3, -0.25) is 14.5 Å². The predicted octanol–water partition coefficient (Wildman–Crippen LogP) is 2.93. The summed E-state index contributed by atoms with van der Waals surface area (Å²) in [6.45, 7) is 4.31. The second-order valence-electron chi connectivity index (χ2n) is 7.38. The van der Waals surface area contributed by atoms with Gasteiger partial charge in [0.25, 0.3) is 0 Å². The van der Waals surface area contributed by atoms with E-state index in [2.05, 4.69) is 5.32 Å². The monoisotopic (exact) mass is 413 g/mol. The zero-order valence-corrected chi connectivity index (χ0v) is 18.6. The van der Waals surface area contributed by atoms with Gasteiger partial charge < -0.3 is 19.7 Å². The molecule has 0 saturated carbocycles. The summed E-state index contributed by atoms with van der Waals surface area (Å²) in [5.74, 6) is 1.04. The van der Waals surface area contributed by atoms with E-state index in [9.17, 15) is 9.59 Å². The highest BCUT2D eigenvalue weighted by Gasteiger charge is 2.24. The number of benzene rings is 2. The Morgan fingerprint density at radius 2 is 1.70 bits per heavy atom. The van der Waals surface area contributed by atoms with Crippen molar-refractivity contribution < 1.29 is 19.1 Å². The number of amides is 2. The third-order valence-corrected chi connectivity index (χ3v) is 5.02. The number of rotatable bonds is 9. The van der Waals surface area contributed by atoms with E-state index in [0.29, 0.717) is 23.7 Å². The maximum absolute atomic E-state index is 12.8. The van der Waals surface area contributed by atoms with E-state index in [4.69, 9.17) is 9.47 Å². The van der Waals surface area contributed by atoms with Gasteiger partial charge in [0, 0.05) is 30.9 Å². The fraction of sp³-hybridized carbons (Fsp3) is 0.391. The summed E-state index contributed by atoms with van der Waals surface area (Å²) in [5, 5.41) is 2.81. The molecule has 2 aromatic carbocycles. The summed E-state index contributed by atoms with van der Waals surface area (Å²) in [6.07, 6.45) is 0. The molecule has 0 aliphatic carbocycles. The van der Waals surface area contributed by atoms with Crippen LogP contribution in [0.25, 0.3) is 0 Å². The van der Waals surface area contributed by atoms with Crippen molar-refractivity contribution in [3.63, 3.8) is 0 Å². The first-order valence-electron chi connectivity index (χ1n) is 9.77. The van der Waals surface area contributed by atoms with Gasteiger partial charge in [-0.05, 0) is 39.1 Å². The Hall–Kier alpha value is -3.06. The lowest BCUT2D eigenvalue weighted by atomic mass is 10.1. The minimum Gasteiger partial charge on any atom is -0.497 e. The van der Waals surface area contributed by atoms with Crippen LogP contribution < -0.4 is 14.8 Å². The molecule has 2 rings (SSSR count). The first kappa shape index (κ1) is 23.2. The molecular weight excluding hydrogens is 382 g/mol. The summed E-state index contributed by atoms with van der Waals surface area (Å²) < 4.78 is 10.7. The number of methoxy groups -OCH3 is 2. The summed E-state index contributed by atoms with van der Waals surface area (Å²) in [4.78, 5) is 28.5. The fourth-order valence-electron chi connectivity index (χ4n) is 3.03. The van der Waals surface area contributed by atoms with Crippen LogP contribution in [0.4, 0.5) is 5.69 Å². The number of nitrogens with zero attached hydrogens (tertiary/aromatic N) is 2. The molecule has 0 saturated heterocycles. The average molecular weight is 414 g/mol. The van der Waals surface area contributed by atoms with Crippen LogP contribution in [0.5, 0.6) is 11.5 Å². The van der Waals surface area contributed by atoms with Crippen molar-refractivity contribution in [2.75, 3.05) is 40.2 Å². The molecule has 30 heavy (non-hydrogen) atoms. The van der Waals surface area contributed by atoms with Crippen molar-refractivity contribution in [2.24, 2.45) is 0 Å². The van der Waals surface area contributed by atoms with E-state index in [1.807, 2.05) is 68.3 Å². The third-order valence-electron chi connectivity index (χ3n) is 5.02. The van der Waals surface area contributed by atoms with Gasteiger partial charge >= 0.3 is 0 Å². The van der Waals surface area contributed by atoms with E-state index >= 15 is 0 Å². The number of likely N-dealkylation sites (N-methyl/N-ethyl adjacent to an activating group) is 2. The summed E-state index contributed by atoms with van der Waals surface area (Å²) in [5.41, 5.74) is 2.77. The molecule has 0 spiro atoms. The van der Waals surface area contributed by atoms with E-state index < -0.39 is 6.04 Å². The zero-order valence-electron chi connectivity index (χ0n) is 18.6. The number of ether oxygens (including phenoxy) is 2. The summed E-state index contributed by atoms with van der Waals surface area (Å²) in [7, 11) is 6.71. The van der Waals surface area contributed by atoms with Gasteiger partial charge in [0.2, 0.25) is 11.8 Å². The van der Waals surface area contributed by atoms with Gasteiger partial charge in [-0.2, -0.15) is 0 Å². The molecule has 0 aliphatic rings. The molecule has 0 heterocycles. The lowest BCUT2D eigenvalue weighted by Gasteiger charge is -2.28. The van der Waals surface area contributed by atoms with Crippen molar-refractivity contribution in [1.82, 2.24) is 9.80 Å². The van der Waals surface area contributed by atoms with Crippen molar-refractivity contribution >= 4 is 17.5 Å². The Labute approximate surface area is 178 Å². The lowest BCUT2D eigenvalue weighted by molar-refractivity contribution is -0.137. The molecular formula is C23H31N3O4. The van der Waals surface area contributed by atoms with Crippen LogP contribution >= 0.6 is 0 Å². The maximum Gasteiger partial charge on any atom is 0.243 e. The molecule has 162 valence electrons. The van der Waals surface area contributed by atoms with Crippen molar-refractivity contribution in [3.05, 3.63) is 53.6 Å². The van der Waals surface area contributed by atoms with Crippen LogP contribution in [0.15, 0.2) is 42.5 Å². The first-order chi connectivity index (χ1) is 14.2. The fourth-order valence-corrected chi connectivity index (χ4v) is 3.03.